The number of aromatic nitrogens is 4. The number of H-pyrrole nitrogens is 1. The fourth-order valence-electron chi connectivity index (χ4n) is 3.13. The predicted octanol–water partition coefficient (Wildman–Crippen LogP) is 3.29. The fourth-order valence-corrected chi connectivity index (χ4v) is 3.13. The van der Waals surface area contributed by atoms with Crippen molar-refractivity contribution in [2.75, 3.05) is 11.9 Å². The second-order valence-electron chi connectivity index (χ2n) is 6.48. The number of hydrogen-bond donors (Lipinski definition) is 4. The first-order valence-electron chi connectivity index (χ1n) is 9.32. The Morgan fingerprint density at radius 2 is 2.07 bits per heavy atom. The number of carbonyl (C=O) groups is 1. The van der Waals surface area contributed by atoms with E-state index in [-0.39, 0.29) is 6.03 Å². The number of nitrogens with one attached hydrogen (secondary N) is 3. The Morgan fingerprint density at radius 3 is 2.83 bits per heavy atom. The van der Waals surface area contributed by atoms with Gasteiger partial charge in [-0.1, -0.05) is 6.07 Å². The molecule has 3 aromatic heterocycles. The van der Waals surface area contributed by atoms with Crippen LogP contribution >= 0.6 is 0 Å². The highest BCUT2D eigenvalue weighted by Crippen LogP contribution is 2.33. The minimum absolute atomic E-state index is 0.316. The third-order valence-corrected chi connectivity index (χ3v) is 4.49. The standard InChI is InChI=1S/C21H21N7O/c1-2-24-21(29)28-20-26-18-10-15(14-4-3-6-23-12-14)9-16(19(18)27-20)17-8-13(11-22)5-7-25-17/h3-10,12H,2,11,22H2,1H3,(H3,24,26,27,28,29). The summed E-state index contributed by atoms with van der Waals surface area (Å²) in [5.41, 5.74) is 11.8. The Kier molecular flexibility index (Phi) is 5.17. The van der Waals surface area contributed by atoms with Gasteiger partial charge in [-0.3, -0.25) is 15.3 Å². The number of carbonyl (C=O) groups excluding carboxylic acids is 1. The molecule has 0 saturated heterocycles. The number of amides is 2. The summed E-state index contributed by atoms with van der Waals surface area (Å²) in [5.74, 6) is 0.366. The van der Waals surface area contributed by atoms with E-state index in [0.717, 1.165) is 33.5 Å². The van der Waals surface area contributed by atoms with Gasteiger partial charge in [0.05, 0.1) is 16.7 Å². The maximum atomic E-state index is 11.9. The number of urea groups is 1. The quantitative estimate of drug-likeness (QED) is 0.419. The van der Waals surface area contributed by atoms with Gasteiger partial charge < -0.3 is 16.0 Å². The number of rotatable bonds is 5. The van der Waals surface area contributed by atoms with Gasteiger partial charge in [0.25, 0.3) is 0 Å². The normalized spacial score (nSPS) is 10.8. The van der Waals surface area contributed by atoms with Crippen molar-refractivity contribution in [3.63, 3.8) is 0 Å². The SMILES string of the molecule is CCNC(=O)Nc1nc2c(-c3cc(CN)ccn3)cc(-c3cccnc3)cc2[nH]1. The zero-order chi connectivity index (χ0) is 20.2. The van der Waals surface area contributed by atoms with E-state index < -0.39 is 0 Å². The van der Waals surface area contributed by atoms with Crippen LogP contribution < -0.4 is 16.4 Å². The van der Waals surface area contributed by atoms with E-state index in [1.54, 1.807) is 18.6 Å². The van der Waals surface area contributed by atoms with Crippen molar-refractivity contribution in [2.45, 2.75) is 13.5 Å². The van der Waals surface area contributed by atoms with Crippen molar-refractivity contribution >= 4 is 23.0 Å². The number of hydrogen-bond acceptors (Lipinski definition) is 5. The first kappa shape index (κ1) is 18.6. The summed E-state index contributed by atoms with van der Waals surface area (Å²) in [6.07, 6.45) is 5.28. The predicted molar refractivity (Wildman–Crippen MR) is 113 cm³/mol. The average molecular weight is 387 g/mol. The second-order valence-corrected chi connectivity index (χ2v) is 6.48. The lowest BCUT2D eigenvalue weighted by molar-refractivity contribution is 0.252. The number of anilines is 1. The number of benzene rings is 1. The van der Waals surface area contributed by atoms with Crippen molar-refractivity contribution in [1.29, 1.82) is 0 Å². The molecule has 29 heavy (non-hydrogen) atoms. The highest BCUT2D eigenvalue weighted by Gasteiger charge is 2.15. The molecule has 0 unspecified atom stereocenters. The van der Waals surface area contributed by atoms with Crippen LogP contribution in [0.25, 0.3) is 33.4 Å². The fraction of sp³-hybridized carbons (Fsp3) is 0.143. The number of pyridine rings is 2. The molecule has 3 heterocycles. The molecule has 0 spiro atoms. The van der Waals surface area contributed by atoms with Crippen LogP contribution in [0.5, 0.6) is 0 Å². The highest BCUT2D eigenvalue weighted by atomic mass is 16.2. The van der Waals surface area contributed by atoms with Gasteiger partial charge in [0.1, 0.15) is 0 Å². The Labute approximate surface area is 167 Å². The van der Waals surface area contributed by atoms with Crippen LogP contribution in [0.2, 0.25) is 0 Å². The van der Waals surface area contributed by atoms with Gasteiger partial charge in [0.15, 0.2) is 0 Å². The van der Waals surface area contributed by atoms with Crippen molar-refractivity contribution in [3.05, 3.63) is 60.6 Å². The van der Waals surface area contributed by atoms with Crippen molar-refractivity contribution in [1.82, 2.24) is 25.3 Å². The van der Waals surface area contributed by atoms with Crippen molar-refractivity contribution in [3.8, 4) is 22.4 Å². The van der Waals surface area contributed by atoms with Crippen molar-refractivity contribution in [2.24, 2.45) is 5.73 Å². The lowest BCUT2D eigenvalue weighted by Crippen LogP contribution is -2.28. The summed E-state index contributed by atoms with van der Waals surface area (Å²) in [5, 5.41) is 5.42. The van der Waals surface area contributed by atoms with Gasteiger partial charge in [-0.25, -0.2) is 9.78 Å². The van der Waals surface area contributed by atoms with Gasteiger partial charge in [0, 0.05) is 42.8 Å². The molecule has 0 aliphatic heterocycles. The van der Waals surface area contributed by atoms with E-state index in [1.165, 1.54) is 0 Å². The minimum Gasteiger partial charge on any atom is -0.338 e. The summed E-state index contributed by atoms with van der Waals surface area (Å²) in [6, 6.07) is 11.4. The molecular formula is C21H21N7O. The monoisotopic (exact) mass is 387 g/mol. The van der Waals surface area contributed by atoms with Crippen LogP contribution in [0, 0.1) is 0 Å². The molecule has 4 rings (SSSR count). The molecule has 8 heteroatoms. The lowest BCUT2D eigenvalue weighted by Gasteiger charge is -2.08. The molecule has 146 valence electrons. The first-order valence-corrected chi connectivity index (χ1v) is 9.32. The van der Waals surface area contributed by atoms with E-state index in [4.69, 9.17) is 5.73 Å². The molecule has 0 saturated carbocycles. The van der Waals surface area contributed by atoms with Gasteiger partial charge in [-0.05, 0) is 48.4 Å². The third-order valence-electron chi connectivity index (χ3n) is 4.49. The summed E-state index contributed by atoms with van der Waals surface area (Å²) in [7, 11) is 0. The number of nitrogens with zero attached hydrogens (tertiary/aromatic N) is 3. The summed E-state index contributed by atoms with van der Waals surface area (Å²) in [4.78, 5) is 28.4. The topological polar surface area (TPSA) is 122 Å². The molecule has 4 aromatic rings. The molecule has 0 bridgehead atoms. The number of nitrogens with two attached hydrogens (primary N) is 1. The van der Waals surface area contributed by atoms with Crippen LogP contribution in [-0.2, 0) is 6.54 Å². The van der Waals surface area contributed by atoms with Crippen LogP contribution in [0.3, 0.4) is 0 Å². The summed E-state index contributed by atoms with van der Waals surface area (Å²) in [6.45, 7) is 2.80. The van der Waals surface area contributed by atoms with Crippen LogP contribution in [0.15, 0.2) is 55.0 Å². The van der Waals surface area contributed by atoms with Gasteiger partial charge in [-0.15, -0.1) is 0 Å². The van der Waals surface area contributed by atoms with E-state index in [2.05, 4.69) is 30.6 Å². The lowest BCUT2D eigenvalue weighted by atomic mass is 10.0. The van der Waals surface area contributed by atoms with Crippen LogP contribution in [-0.4, -0.2) is 32.5 Å². The number of aromatic amines is 1. The summed E-state index contributed by atoms with van der Waals surface area (Å²) < 4.78 is 0. The van der Waals surface area contributed by atoms with E-state index in [0.29, 0.717) is 24.6 Å². The van der Waals surface area contributed by atoms with Crippen LogP contribution in [0.4, 0.5) is 10.7 Å². The molecule has 0 atom stereocenters. The first-order chi connectivity index (χ1) is 14.2. The van der Waals surface area contributed by atoms with E-state index in [1.807, 2.05) is 43.3 Å². The molecule has 0 aliphatic rings. The molecular weight excluding hydrogens is 366 g/mol. The zero-order valence-electron chi connectivity index (χ0n) is 15.9. The maximum absolute atomic E-state index is 11.9. The molecule has 0 aliphatic carbocycles. The zero-order valence-corrected chi connectivity index (χ0v) is 15.9. The molecule has 1 aromatic carbocycles. The number of fused-ring (bicyclic) bond motifs is 1. The Hall–Kier alpha value is -3.78. The molecule has 0 fully saturated rings. The Bertz CT molecular complexity index is 1150. The van der Waals surface area contributed by atoms with E-state index >= 15 is 0 Å². The molecule has 2 amide bonds. The second kappa shape index (κ2) is 8.07. The smallest absolute Gasteiger partial charge is 0.321 e. The average Bonchev–Trinajstić information content (AvgIpc) is 3.16. The largest absolute Gasteiger partial charge is 0.338 e. The Balaban J connectivity index is 1.88. The Morgan fingerprint density at radius 1 is 1.17 bits per heavy atom. The third kappa shape index (κ3) is 3.92. The van der Waals surface area contributed by atoms with Gasteiger partial charge in [0.2, 0.25) is 5.95 Å². The van der Waals surface area contributed by atoms with Gasteiger partial charge in [-0.2, -0.15) is 0 Å². The molecule has 8 nitrogen and oxygen atoms in total. The number of imidazole rings is 1. The maximum Gasteiger partial charge on any atom is 0.321 e. The highest BCUT2D eigenvalue weighted by molar-refractivity contribution is 5.98. The van der Waals surface area contributed by atoms with Crippen molar-refractivity contribution < 1.29 is 4.79 Å². The van der Waals surface area contributed by atoms with E-state index in [9.17, 15) is 4.79 Å². The minimum atomic E-state index is -0.316. The molecule has 0 radical (unpaired) electrons. The van der Waals surface area contributed by atoms with Crippen LogP contribution in [0.1, 0.15) is 12.5 Å². The van der Waals surface area contributed by atoms with Gasteiger partial charge >= 0.3 is 6.03 Å². The summed E-state index contributed by atoms with van der Waals surface area (Å²) >= 11 is 0. The molecule has 5 N–H and O–H groups in total.